The molecule has 1 aliphatic rings. The molecule has 0 saturated carbocycles. The SMILES string of the molecule is c1ccc(CCCC2(Sc3ccccc3)Sc3cccc4cccc(c34)S2)cc1. The van der Waals surface area contributed by atoms with Crippen molar-refractivity contribution >= 4 is 46.1 Å². The lowest BCUT2D eigenvalue weighted by molar-refractivity contribution is 0.765. The molecule has 0 aliphatic carbocycles. The molecule has 1 aliphatic heterocycles. The fourth-order valence-corrected chi connectivity index (χ4v) is 9.05. The second kappa shape index (κ2) is 8.51. The Hall–Kier alpha value is -1.81. The van der Waals surface area contributed by atoms with Gasteiger partial charge in [0.1, 0.15) is 3.41 Å². The summed E-state index contributed by atoms with van der Waals surface area (Å²) in [7, 11) is 0. The summed E-state index contributed by atoms with van der Waals surface area (Å²) in [6.45, 7) is 0. The van der Waals surface area contributed by atoms with Crippen molar-refractivity contribution in [1.82, 2.24) is 0 Å². The number of hydrogen-bond acceptors (Lipinski definition) is 3. The summed E-state index contributed by atoms with van der Waals surface area (Å²) in [6.07, 6.45) is 3.47. The molecule has 4 aromatic carbocycles. The minimum absolute atomic E-state index is 0.0543. The Morgan fingerprint density at radius 3 is 1.93 bits per heavy atom. The van der Waals surface area contributed by atoms with Crippen LogP contribution in [0.2, 0.25) is 0 Å². The van der Waals surface area contributed by atoms with Gasteiger partial charge in [0.05, 0.1) is 0 Å². The molecule has 4 aromatic rings. The fourth-order valence-electron chi connectivity index (χ4n) is 3.82. The molecule has 0 fully saturated rings. The van der Waals surface area contributed by atoms with Crippen molar-refractivity contribution < 1.29 is 0 Å². The number of thioether (sulfide) groups is 3. The van der Waals surface area contributed by atoms with Gasteiger partial charge in [0.2, 0.25) is 0 Å². The molecule has 1 heterocycles. The van der Waals surface area contributed by atoms with E-state index in [1.165, 1.54) is 37.4 Å². The summed E-state index contributed by atoms with van der Waals surface area (Å²) >= 11 is 6.13. The highest BCUT2D eigenvalue weighted by molar-refractivity contribution is 8.34. The molecule has 0 atom stereocenters. The summed E-state index contributed by atoms with van der Waals surface area (Å²) in [6, 6.07) is 35.2. The van der Waals surface area contributed by atoms with Crippen LogP contribution in [0, 0.1) is 0 Å². The molecule has 0 aromatic heterocycles. The van der Waals surface area contributed by atoms with Crippen LogP contribution >= 0.6 is 35.3 Å². The van der Waals surface area contributed by atoms with E-state index in [1.807, 2.05) is 11.8 Å². The van der Waals surface area contributed by atoms with Crippen LogP contribution in [0.1, 0.15) is 18.4 Å². The fraction of sp³-hybridized carbons (Fsp3) is 0.154. The molecule has 0 radical (unpaired) electrons. The largest absolute Gasteiger partial charge is 0.120 e. The van der Waals surface area contributed by atoms with Crippen molar-refractivity contribution in [3.8, 4) is 0 Å². The summed E-state index contributed by atoms with van der Waals surface area (Å²) in [5, 5.41) is 2.78. The van der Waals surface area contributed by atoms with Gasteiger partial charge < -0.3 is 0 Å². The van der Waals surface area contributed by atoms with Crippen LogP contribution in [0.5, 0.6) is 0 Å². The minimum Gasteiger partial charge on any atom is -0.0966 e. The highest BCUT2D eigenvalue weighted by Gasteiger charge is 2.38. The van der Waals surface area contributed by atoms with Gasteiger partial charge in [-0.25, -0.2) is 0 Å². The van der Waals surface area contributed by atoms with Crippen LogP contribution in [0.3, 0.4) is 0 Å². The summed E-state index contributed by atoms with van der Waals surface area (Å²) in [5.74, 6) is 0. The van der Waals surface area contributed by atoms with Gasteiger partial charge in [-0.15, -0.1) is 0 Å². The third-order valence-corrected chi connectivity index (χ3v) is 9.84. The van der Waals surface area contributed by atoms with Crippen molar-refractivity contribution in [2.24, 2.45) is 0 Å². The van der Waals surface area contributed by atoms with Crippen LogP contribution in [-0.2, 0) is 6.42 Å². The molecule has 5 rings (SSSR count). The van der Waals surface area contributed by atoms with Crippen LogP contribution in [0.25, 0.3) is 10.8 Å². The molecule has 0 amide bonds. The molecular formula is C26H22S3. The van der Waals surface area contributed by atoms with Gasteiger partial charge >= 0.3 is 0 Å². The Bertz CT molecular complexity index is 1070. The first-order valence-corrected chi connectivity index (χ1v) is 12.4. The van der Waals surface area contributed by atoms with Gasteiger partial charge in [-0.2, -0.15) is 0 Å². The average molecular weight is 431 g/mol. The summed E-state index contributed by atoms with van der Waals surface area (Å²) in [5.41, 5.74) is 1.43. The van der Waals surface area contributed by atoms with E-state index in [2.05, 4.69) is 121 Å². The van der Waals surface area contributed by atoms with Crippen molar-refractivity contribution in [3.63, 3.8) is 0 Å². The van der Waals surface area contributed by atoms with E-state index in [0.29, 0.717) is 0 Å². The van der Waals surface area contributed by atoms with E-state index >= 15 is 0 Å². The molecule has 0 N–H and O–H groups in total. The molecule has 0 unspecified atom stereocenters. The second-order valence-electron chi connectivity index (χ2n) is 7.25. The average Bonchev–Trinajstić information content (AvgIpc) is 2.75. The minimum atomic E-state index is 0.0543. The Morgan fingerprint density at radius 1 is 0.655 bits per heavy atom. The number of benzene rings is 4. The van der Waals surface area contributed by atoms with Crippen LogP contribution in [0.4, 0.5) is 0 Å². The molecule has 144 valence electrons. The zero-order chi connectivity index (χ0) is 19.5. The standard InChI is InChI=1S/C26H22S3/c1-3-10-20(11-4-1)12-9-19-26(27-22-15-5-2-6-16-22)28-23-17-7-13-21-14-8-18-24(29-26)25(21)23/h1-8,10-11,13-18H,9,12,19H2. The third-order valence-electron chi connectivity index (χ3n) is 5.17. The van der Waals surface area contributed by atoms with Crippen LogP contribution < -0.4 is 0 Å². The summed E-state index contributed by atoms with van der Waals surface area (Å²) < 4.78 is 0.0543. The van der Waals surface area contributed by atoms with E-state index in [9.17, 15) is 0 Å². The van der Waals surface area contributed by atoms with Gasteiger partial charge in [0, 0.05) is 20.1 Å². The molecule has 29 heavy (non-hydrogen) atoms. The topological polar surface area (TPSA) is 0 Å². The Labute approximate surface area is 185 Å². The van der Waals surface area contributed by atoms with E-state index < -0.39 is 0 Å². The Balaban J connectivity index is 1.46. The molecule has 3 heteroatoms. The van der Waals surface area contributed by atoms with E-state index in [0.717, 1.165) is 12.8 Å². The van der Waals surface area contributed by atoms with Crippen LogP contribution in [-0.4, -0.2) is 3.41 Å². The Morgan fingerprint density at radius 2 is 1.28 bits per heavy atom. The smallest absolute Gasteiger partial charge is 0.0966 e. The summed E-state index contributed by atoms with van der Waals surface area (Å²) in [4.78, 5) is 4.18. The second-order valence-corrected chi connectivity index (χ2v) is 12.1. The maximum absolute atomic E-state index is 2.30. The first kappa shape index (κ1) is 19.2. The number of rotatable bonds is 6. The van der Waals surface area contributed by atoms with Gasteiger partial charge in [0.15, 0.2) is 0 Å². The van der Waals surface area contributed by atoms with Crippen LogP contribution in [0.15, 0.2) is 112 Å². The normalized spacial score (nSPS) is 14.8. The first-order chi connectivity index (χ1) is 14.3. The third kappa shape index (κ3) is 4.23. The molecule has 0 saturated heterocycles. The van der Waals surface area contributed by atoms with Gasteiger partial charge in [0.25, 0.3) is 0 Å². The van der Waals surface area contributed by atoms with Crippen molar-refractivity contribution in [2.75, 3.05) is 0 Å². The number of hydrogen-bond donors (Lipinski definition) is 0. The first-order valence-electron chi connectivity index (χ1n) is 9.99. The highest BCUT2D eigenvalue weighted by atomic mass is 32.3. The maximum atomic E-state index is 2.30. The predicted molar refractivity (Wildman–Crippen MR) is 130 cm³/mol. The maximum Gasteiger partial charge on any atom is 0.120 e. The van der Waals surface area contributed by atoms with Crippen molar-refractivity contribution in [3.05, 3.63) is 103 Å². The zero-order valence-electron chi connectivity index (χ0n) is 16.1. The quantitative estimate of drug-likeness (QED) is 0.301. The highest BCUT2D eigenvalue weighted by Crippen LogP contribution is 2.63. The van der Waals surface area contributed by atoms with Gasteiger partial charge in [-0.3, -0.25) is 0 Å². The van der Waals surface area contributed by atoms with E-state index in [-0.39, 0.29) is 3.41 Å². The Kier molecular flexibility index (Phi) is 5.63. The lowest BCUT2D eigenvalue weighted by Crippen LogP contribution is -2.18. The molecule has 0 bridgehead atoms. The molecule has 0 nitrogen and oxygen atoms in total. The monoisotopic (exact) mass is 430 g/mol. The van der Waals surface area contributed by atoms with Crippen molar-refractivity contribution in [2.45, 2.75) is 37.4 Å². The van der Waals surface area contributed by atoms with E-state index in [1.54, 1.807) is 0 Å². The van der Waals surface area contributed by atoms with Crippen molar-refractivity contribution in [1.29, 1.82) is 0 Å². The lowest BCUT2D eigenvalue weighted by atomic mass is 10.1. The predicted octanol–water partition coefficient (Wildman–Crippen LogP) is 8.51. The van der Waals surface area contributed by atoms with Gasteiger partial charge in [-0.05, 0) is 54.5 Å². The van der Waals surface area contributed by atoms with E-state index in [4.69, 9.17) is 0 Å². The van der Waals surface area contributed by atoms with Gasteiger partial charge in [-0.1, -0.05) is 108 Å². The zero-order valence-corrected chi connectivity index (χ0v) is 18.5. The molecular weight excluding hydrogens is 408 g/mol. The molecule has 0 spiro atoms. The lowest BCUT2D eigenvalue weighted by Gasteiger charge is -2.36. The number of aryl methyl sites for hydroxylation is 1.